The number of aliphatic hydroxyl groups is 1. The Morgan fingerprint density at radius 2 is 0.977 bits per heavy atom. The van der Waals surface area contributed by atoms with Gasteiger partial charge in [0.2, 0.25) is 0 Å². The molecule has 0 radical (unpaired) electrons. The summed E-state index contributed by atoms with van der Waals surface area (Å²) < 4.78 is 11.4. The van der Waals surface area contributed by atoms with Crippen LogP contribution in [0.15, 0.2) is 97.1 Å². The predicted molar refractivity (Wildman–Crippen MR) is 168 cm³/mol. The van der Waals surface area contributed by atoms with Crippen molar-refractivity contribution in [3.8, 4) is 22.3 Å². The number of aldehydes is 1. The molecule has 0 bridgehead atoms. The standard InChI is InChI=1S/C18H19NO3.C18H17NO3/c2*1-19(11-6-12-20)18(21)22-17-15-9-4-2-7-13(15)14-8-3-5-10-16(14)17/h2-5,7-10,17,20H,6,11-12H2,1H3;2-5,7-10,12,17H,6,11H2,1H3. The van der Waals surface area contributed by atoms with Gasteiger partial charge in [-0.2, -0.15) is 0 Å². The molecular weight excluding hydrogens is 556 g/mol. The Morgan fingerprint density at radius 1 is 0.636 bits per heavy atom. The molecule has 8 nitrogen and oxygen atoms in total. The smallest absolute Gasteiger partial charge is 0.410 e. The maximum atomic E-state index is 12.2. The summed E-state index contributed by atoms with van der Waals surface area (Å²) >= 11 is 0. The minimum Gasteiger partial charge on any atom is -0.436 e. The van der Waals surface area contributed by atoms with Gasteiger partial charge in [-0.05, 0) is 28.7 Å². The highest BCUT2D eigenvalue weighted by Gasteiger charge is 2.33. The first-order valence-electron chi connectivity index (χ1n) is 14.7. The minimum absolute atomic E-state index is 0.0622. The molecule has 2 amide bonds. The third kappa shape index (κ3) is 6.35. The lowest BCUT2D eigenvalue weighted by Gasteiger charge is -2.21. The number of ether oxygens (including phenoxy) is 2. The third-order valence-corrected chi connectivity index (χ3v) is 7.85. The van der Waals surface area contributed by atoms with Crippen molar-refractivity contribution < 1.29 is 29.0 Å². The highest BCUT2D eigenvalue weighted by Crippen LogP contribution is 2.46. The van der Waals surface area contributed by atoms with Gasteiger partial charge in [0.15, 0.2) is 12.2 Å². The molecule has 1 N–H and O–H groups in total. The maximum absolute atomic E-state index is 12.2. The zero-order valence-corrected chi connectivity index (χ0v) is 24.9. The van der Waals surface area contributed by atoms with Crippen LogP contribution < -0.4 is 0 Å². The Kier molecular flexibility index (Phi) is 9.72. The number of rotatable bonds is 8. The van der Waals surface area contributed by atoms with Crippen LogP contribution in [-0.4, -0.2) is 67.2 Å². The van der Waals surface area contributed by atoms with E-state index in [4.69, 9.17) is 14.6 Å². The number of hydrogen-bond acceptors (Lipinski definition) is 6. The van der Waals surface area contributed by atoms with E-state index in [1.165, 1.54) is 9.80 Å². The molecule has 0 saturated heterocycles. The van der Waals surface area contributed by atoms with E-state index >= 15 is 0 Å². The Hall–Kier alpha value is -4.95. The number of aliphatic hydroxyl groups excluding tert-OH is 1. The molecule has 226 valence electrons. The second-order valence-corrected chi connectivity index (χ2v) is 10.8. The van der Waals surface area contributed by atoms with Crippen molar-refractivity contribution in [2.75, 3.05) is 33.8 Å². The first-order valence-corrected chi connectivity index (χ1v) is 14.7. The first kappa shape index (κ1) is 30.5. The zero-order chi connectivity index (χ0) is 31.1. The predicted octanol–water partition coefficient (Wildman–Crippen LogP) is 6.62. The molecule has 0 saturated carbocycles. The number of carbonyl (C=O) groups excluding carboxylic acids is 3. The van der Waals surface area contributed by atoms with Gasteiger partial charge in [-0.3, -0.25) is 0 Å². The monoisotopic (exact) mass is 592 g/mol. The largest absolute Gasteiger partial charge is 0.436 e. The Bertz CT molecular complexity index is 1550. The van der Waals surface area contributed by atoms with E-state index in [9.17, 15) is 14.4 Å². The lowest BCUT2D eigenvalue weighted by Crippen LogP contribution is -2.30. The van der Waals surface area contributed by atoms with Crippen molar-refractivity contribution in [2.24, 2.45) is 0 Å². The van der Waals surface area contributed by atoms with Crippen LogP contribution in [0, 0.1) is 0 Å². The Morgan fingerprint density at radius 3 is 1.32 bits per heavy atom. The van der Waals surface area contributed by atoms with Crippen molar-refractivity contribution in [1.29, 1.82) is 0 Å². The molecule has 2 aliphatic rings. The van der Waals surface area contributed by atoms with Gasteiger partial charge in [0.25, 0.3) is 0 Å². The van der Waals surface area contributed by atoms with Crippen molar-refractivity contribution in [2.45, 2.75) is 25.0 Å². The van der Waals surface area contributed by atoms with Crippen LogP contribution in [0.2, 0.25) is 0 Å². The summed E-state index contributed by atoms with van der Waals surface area (Å²) in [6, 6.07) is 31.9. The molecule has 0 fully saturated rings. The topological polar surface area (TPSA) is 96.4 Å². The fourth-order valence-corrected chi connectivity index (χ4v) is 5.59. The zero-order valence-electron chi connectivity index (χ0n) is 24.9. The van der Waals surface area contributed by atoms with Crippen LogP contribution in [0.4, 0.5) is 9.59 Å². The number of carbonyl (C=O) groups is 3. The molecule has 4 aromatic rings. The van der Waals surface area contributed by atoms with Crippen LogP contribution in [0.25, 0.3) is 22.3 Å². The Labute approximate surface area is 257 Å². The quantitative estimate of drug-likeness (QED) is 0.231. The molecule has 0 heterocycles. The summed E-state index contributed by atoms with van der Waals surface area (Å²) in [7, 11) is 3.32. The van der Waals surface area contributed by atoms with Crippen molar-refractivity contribution in [1.82, 2.24) is 9.80 Å². The van der Waals surface area contributed by atoms with Crippen LogP contribution >= 0.6 is 0 Å². The minimum atomic E-state index is -0.418. The van der Waals surface area contributed by atoms with E-state index in [0.29, 0.717) is 25.9 Å². The van der Waals surface area contributed by atoms with Gasteiger partial charge in [0.05, 0.1) is 0 Å². The SMILES string of the molecule is CN(CCC=O)C(=O)OC1c2ccccc2-c2ccccc21.CN(CCCO)C(=O)OC1c2ccccc2-c2ccccc21. The third-order valence-electron chi connectivity index (χ3n) is 7.85. The molecule has 4 aromatic carbocycles. The lowest BCUT2D eigenvalue weighted by molar-refractivity contribution is -0.108. The number of nitrogens with zero attached hydrogens (tertiary/aromatic N) is 2. The number of hydrogen-bond donors (Lipinski definition) is 1. The molecule has 8 heteroatoms. The van der Waals surface area contributed by atoms with Crippen LogP contribution in [0.3, 0.4) is 0 Å². The van der Waals surface area contributed by atoms with Gasteiger partial charge < -0.3 is 29.2 Å². The molecule has 0 atom stereocenters. The van der Waals surface area contributed by atoms with E-state index in [-0.39, 0.29) is 18.8 Å². The molecule has 2 aliphatic carbocycles. The van der Waals surface area contributed by atoms with Gasteiger partial charge in [0.1, 0.15) is 6.29 Å². The number of amides is 2. The number of fused-ring (bicyclic) bond motifs is 6. The summed E-state index contributed by atoms with van der Waals surface area (Å²) in [5.74, 6) is 0. The van der Waals surface area contributed by atoms with Gasteiger partial charge >= 0.3 is 12.2 Å². The van der Waals surface area contributed by atoms with Crippen molar-refractivity contribution in [3.63, 3.8) is 0 Å². The summed E-state index contributed by atoms with van der Waals surface area (Å²) in [4.78, 5) is 37.8. The second-order valence-electron chi connectivity index (χ2n) is 10.8. The summed E-state index contributed by atoms with van der Waals surface area (Å²) in [5, 5.41) is 8.86. The van der Waals surface area contributed by atoms with E-state index in [0.717, 1.165) is 50.8 Å². The molecule has 0 spiro atoms. The molecule has 0 aliphatic heterocycles. The van der Waals surface area contributed by atoms with E-state index < -0.39 is 12.2 Å². The molecule has 44 heavy (non-hydrogen) atoms. The highest BCUT2D eigenvalue weighted by atomic mass is 16.6. The van der Waals surface area contributed by atoms with Crippen molar-refractivity contribution >= 4 is 18.5 Å². The highest BCUT2D eigenvalue weighted by molar-refractivity contribution is 5.81. The summed E-state index contributed by atoms with van der Waals surface area (Å²) in [5.41, 5.74) is 8.49. The van der Waals surface area contributed by atoms with Gasteiger partial charge in [-0.1, -0.05) is 97.1 Å². The molecular formula is C36H36N2O6. The van der Waals surface area contributed by atoms with Gasteiger partial charge in [-0.15, -0.1) is 0 Å². The van der Waals surface area contributed by atoms with E-state index in [1.807, 2.05) is 84.9 Å². The fourth-order valence-electron chi connectivity index (χ4n) is 5.59. The molecule has 6 rings (SSSR count). The lowest BCUT2D eigenvalue weighted by atomic mass is 10.1. The first-order chi connectivity index (χ1) is 21.4. The van der Waals surface area contributed by atoms with E-state index in [2.05, 4.69) is 12.1 Å². The summed E-state index contributed by atoms with van der Waals surface area (Å²) in [6.45, 7) is 0.899. The maximum Gasteiger partial charge on any atom is 0.410 e. The van der Waals surface area contributed by atoms with Gasteiger partial charge in [-0.25, -0.2) is 9.59 Å². The Balaban J connectivity index is 0.000000175. The van der Waals surface area contributed by atoms with Crippen molar-refractivity contribution in [3.05, 3.63) is 119 Å². The molecule has 0 unspecified atom stereocenters. The average Bonchev–Trinajstić information content (AvgIpc) is 3.55. The second kappa shape index (κ2) is 14.0. The van der Waals surface area contributed by atoms with E-state index in [1.54, 1.807) is 14.1 Å². The normalized spacial score (nSPS) is 12.5. The van der Waals surface area contributed by atoms with Crippen LogP contribution in [0.1, 0.15) is 47.3 Å². The van der Waals surface area contributed by atoms with Crippen LogP contribution in [-0.2, 0) is 14.3 Å². The molecule has 0 aromatic heterocycles. The average molecular weight is 593 g/mol. The fraction of sp³-hybridized carbons (Fsp3) is 0.250. The number of benzene rings is 4. The van der Waals surface area contributed by atoms with Gasteiger partial charge in [0, 0.05) is 62.5 Å². The summed E-state index contributed by atoms with van der Waals surface area (Å²) in [6.07, 6.45) is 0.106. The van der Waals surface area contributed by atoms with Crippen LogP contribution in [0.5, 0.6) is 0 Å².